The molecule has 0 saturated carbocycles. The number of hydrogen-bond acceptors (Lipinski definition) is 2. The van der Waals surface area contributed by atoms with Gasteiger partial charge in [-0.1, -0.05) is 25.0 Å². The summed E-state index contributed by atoms with van der Waals surface area (Å²) in [5, 5.41) is 3.00. The smallest absolute Gasteiger partial charge is 0.317 e. The third-order valence-corrected chi connectivity index (χ3v) is 4.80. The van der Waals surface area contributed by atoms with Gasteiger partial charge in [-0.25, -0.2) is 14.2 Å². The summed E-state index contributed by atoms with van der Waals surface area (Å²) < 4.78 is 15.6. The van der Waals surface area contributed by atoms with Crippen LogP contribution in [0.4, 0.5) is 9.18 Å². The molecule has 0 radical (unpaired) electrons. The lowest BCUT2D eigenvalue weighted by Gasteiger charge is -2.30. The van der Waals surface area contributed by atoms with Gasteiger partial charge in [0, 0.05) is 32.0 Å². The Morgan fingerprint density at radius 3 is 3.00 bits per heavy atom. The molecule has 1 aliphatic rings. The zero-order valence-corrected chi connectivity index (χ0v) is 14.6. The van der Waals surface area contributed by atoms with Gasteiger partial charge in [0.1, 0.15) is 11.6 Å². The van der Waals surface area contributed by atoms with Gasteiger partial charge < -0.3 is 14.8 Å². The largest absolute Gasteiger partial charge is 0.336 e. The zero-order valence-electron chi connectivity index (χ0n) is 14.6. The number of imidazole rings is 1. The summed E-state index contributed by atoms with van der Waals surface area (Å²) in [7, 11) is 0. The zero-order chi connectivity index (χ0) is 17.6. The molecule has 2 aromatic rings. The number of aryl methyl sites for hydroxylation is 1. The topological polar surface area (TPSA) is 50.2 Å². The molecule has 0 unspecified atom stereocenters. The number of rotatable bonds is 4. The summed E-state index contributed by atoms with van der Waals surface area (Å²) in [4.78, 5) is 18.8. The lowest BCUT2D eigenvalue weighted by Crippen LogP contribution is -2.43. The van der Waals surface area contributed by atoms with Gasteiger partial charge in [0.25, 0.3) is 0 Å². The molecule has 1 saturated heterocycles. The molecule has 1 aliphatic heterocycles. The van der Waals surface area contributed by atoms with Crippen LogP contribution in [-0.2, 0) is 6.54 Å². The average molecular weight is 344 g/mol. The Morgan fingerprint density at radius 2 is 2.24 bits per heavy atom. The van der Waals surface area contributed by atoms with E-state index in [4.69, 9.17) is 0 Å². The molecule has 0 bridgehead atoms. The van der Waals surface area contributed by atoms with Gasteiger partial charge in [0.15, 0.2) is 0 Å². The van der Waals surface area contributed by atoms with Gasteiger partial charge >= 0.3 is 6.03 Å². The first-order chi connectivity index (χ1) is 12.1. The van der Waals surface area contributed by atoms with Crippen LogP contribution >= 0.6 is 0 Å². The SMILES string of the molecule is Cc1nccn1CCNC(=O)N1CCCCC[C@H]1c1cccc(F)c1. The Labute approximate surface area is 147 Å². The lowest BCUT2D eigenvalue weighted by molar-refractivity contribution is 0.175. The number of hydrogen-bond donors (Lipinski definition) is 1. The number of likely N-dealkylation sites (tertiary alicyclic amines) is 1. The standard InChI is InChI=1S/C19H25FN4O/c1-15-21-9-12-23(15)13-10-22-19(25)24-11-4-2-3-8-18(24)16-6-5-7-17(20)14-16/h5-7,9,12,14,18H,2-4,8,10-11,13H2,1H3,(H,22,25)/t18-/m0/s1. The molecule has 1 fully saturated rings. The number of carbonyl (C=O) groups is 1. The predicted octanol–water partition coefficient (Wildman–Crippen LogP) is 3.66. The maximum Gasteiger partial charge on any atom is 0.317 e. The molecule has 6 heteroatoms. The minimum atomic E-state index is -0.252. The van der Waals surface area contributed by atoms with E-state index < -0.39 is 0 Å². The van der Waals surface area contributed by atoms with Crippen molar-refractivity contribution in [2.45, 2.75) is 45.2 Å². The highest BCUT2D eigenvalue weighted by Gasteiger charge is 2.26. The van der Waals surface area contributed by atoms with E-state index in [9.17, 15) is 9.18 Å². The normalized spacial score (nSPS) is 18.0. The molecule has 134 valence electrons. The third kappa shape index (κ3) is 4.38. The van der Waals surface area contributed by atoms with E-state index in [1.165, 1.54) is 6.07 Å². The summed E-state index contributed by atoms with van der Waals surface area (Å²) in [6.45, 7) is 3.88. The van der Waals surface area contributed by atoms with Crippen molar-refractivity contribution in [1.29, 1.82) is 0 Å². The molecular formula is C19H25FN4O. The second kappa shape index (κ2) is 8.14. The second-order valence-electron chi connectivity index (χ2n) is 6.51. The number of carbonyl (C=O) groups excluding carboxylic acids is 1. The van der Waals surface area contributed by atoms with E-state index in [2.05, 4.69) is 10.3 Å². The summed E-state index contributed by atoms with van der Waals surface area (Å²) in [6.07, 6.45) is 7.68. The maximum absolute atomic E-state index is 13.6. The van der Waals surface area contributed by atoms with E-state index in [-0.39, 0.29) is 17.9 Å². The maximum atomic E-state index is 13.6. The Balaban J connectivity index is 1.66. The monoisotopic (exact) mass is 344 g/mol. The van der Waals surface area contributed by atoms with Crippen LogP contribution in [0.25, 0.3) is 0 Å². The van der Waals surface area contributed by atoms with Crippen LogP contribution in [0, 0.1) is 12.7 Å². The van der Waals surface area contributed by atoms with Crippen molar-refractivity contribution in [2.24, 2.45) is 0 Å². The van der Waals surface area contributed by atoms with Crippen LogP contribution in [-0.4, -0.2) is 33.6 Å². The van der Waals surface area contributed by atoms with Crippen molar-refractivity contribution in [3.05, 3.63) is 53.9 Å². The second-order valence-corrected chi connectivity index (χ2v) is 6.51. The molecule has 0 spiro atoms. The van der Waals surface area contributed by atoms with Gasteiger partial charge in [-0.15, -0.1) is 0 Å². The summed E-state index contributed by atoms with van der Waals surface area (Å²) in [6, 6.07) is 6.48. The molecule has 1 N–H and O–H groups in total. The first kappa shape index (κ1) is 17.5. The number of benzene rings is 1. The fourth-order valence-electron chi connectivity index (χ4n) is 3.44. The highest BCUT2D eigenvalue weighted by atomic mass is 19.1. The minimum Gasteiger partial charge on any atom is -0.336 e. The van der Waals surface area contributed by atoms with Crippen molar-refractivity contribution >= 4 is 6.03 Å². The van der Waals surface area contributed by atoms with Crippen molar-refractivity contribution in [2.75, 3.05) is 13.1 Å². The Kier molecular flexibility index (Phi) is 5.68. The van der Waals surface area contributed by atoms with E-state index >= 15 is 0 Å². The first-order valence-electron chi connectivity index (χ1n) is 8.93. The van der Waals surface area contributed by atoms with E-state index in [0.717, 1.165) is 37.1 Å². The van der Waals surface area contributed by atoms with Crippen LogP contribution in [0.1, 0.15) is 43.1 Å². The van der Waals surface area contributed by atoms with Crippen molar-refractivity contribution in [3.8, 4) is 0 Å². The summed E-state index contributed by atoms with van der Waals surface area (Å²) >= 11 is 0. The highest BCUT2D eigenvalue weighted by molar-refractivity contribution is 5.74. The van der Waals surface area contributed by atoms with E-state index in [1.807, 2.05) is 28.7 Å². The highest BCUT2D eigenvalue weighted by Crippen LogP contribution is 2.30. The number of nitrogens with zero attached hydrogens (tertiary/aromatic N) is 3. The molecular weight excluding hydrogens is 319 g/mol. The number of amides is 2. The average Bonchev–Trinajstić information content (AvgIpc) is 2.86. The number of halogens is 1. The van der Waals surface area contributed by atoms with Crippen LogP contribution in [0.2, 0.25) is 0 Å². The Morgan fingerprint density at radius 1 is 1.36 bits per heavy atom. The first-order valence-corrected chi connectivity index (χ1v) is 8.93. The summed E-state index contributed by atoms with van der Waals surface area (Å²) in [5.41, 5.74) is 0.877. The molecule has 2 amide bonds. The van der Waals surface area contributed by atoms with Gasteiger partial charge in [0.05, 0.1) is 6.04 Å². The van der Waals surface area contributed by atoms with Crippen LogP contribution in [0.3, 0.4) is 0 Å². The molecule has 1 aromatic carbocycles. The number of urea groups is 1. The molecule has 25 heavy (non-hydrogen) atoms. The number of nitrogens with one attached hydrogen (secondary N) is 1. The fourth-order valence-corrected chi connectivity index (χ4v) is 3.44. The molecule has 1 aromatic heterocycles. The molecule has 0 aliphatic carbocycles. The lowest BCUT2D eigenvalue weighted by atomic mass is 10.0. The van der Waals surface area contributed by atoms with Crippen LogP contribution in [0.15, 0.2) is 36.7 Å². The van der Waals surface area contributed by atoms with E-state index in [0.29, 0.717) is 19.6 Å². The van der Waals surface area contributed by atoms with Crippen LogP contribution in [0.5, 0.6) is 0 Å². The quantitative estimate of drug-likeness (QED) is 0.920. The van der Waals surface area contributed by atoms with Gasteiger partial charge in [-0.2, -0.15) is 0 Å². The molecule has 1 atom stereocenters. The van der Waals surface area contributed by atoms with Gasteiger partial charge in [0.2, 0.25) is 0 Å². The minimum absolute atomic E-state index is 0.0619. The van der Waals surface area contributed by atoms with Crippen LogP contribution < -0.4 is 5.32 Å². The van der Waals surface area contributed by atoms with Gasteiger partial charge in [-0.3, -0.25) is 0 Å². The van der Waals surface area contributed by atoms with Crippen molar-refractivity contribution < 1.29 is 9.18 Å². The molecule has 2 heterocycles. The number of aromatic nitrogens is 2. The Hall–Kier alpha value is -2.37. The van der Waals surface area contributed by atoms with Crippen molar-refractivity contribution in [3.63, 3.8) is 0 Å². The third-order valence-electron chi connectivity index (χ3n) is 4.80. The predicted molar refractivity (Wildman–Crippen MR) is 94.7 cm³/mol. The fraction of sp³-hybridized carbons (Fsp3) is 0.474. The summed E-state index contributed by atoms with van der Waals surface area (Å²) in [5.74, 6) is 0.680. The molecule has 5 nitrogen and oxygen atoms in total. The molecule has 3 rings (SSSR count). The van der Waals surface area contributed by atoms with E-state index in [1.54, 1.807) is 18.3 Å². The van der Waals surface area contributed by atoms with Crippen molar-refractivity contribution in [1.82, 2.24) is 19.8 Å². The van der Waals surface area contributed by atoms with Gasteiger partial charge in [-0.05, 0) is 37.5 Å². The Bertz CT molecular complexity index is 715.